The largest absolute Gasteiger partial charge is 0.492 e. The molecule has 3 aliphatic rings. The van der Waals surface area contributed by atoms with E-state index in [4.69, 9.17) is 10.5 Å². The Bertz CT molecular complexity index is 1410. The Morgan fingerprint density at radius 2 is 1.96 bits per heavy atom. The van der Waals surface area contributed by atoms with Crippen LogP contribution in [0.25, 0.3) is 0 Å². The number of hydrogen-bond donors (Lipinski definition) is 6. The third-order valence-corrected chi connectivity index (χ3v) is 8.87. The van der Waals surface area contributed by atoms with Gasteiger partial charge in [-0.05, 0) is 43.4 Å². The molecule has 45 heavy (non-hydrogen) atoms. The molecule has 4 heterocycles. The van der Waals surface area contributed by atoms with Crippen molar-refractivity contribution in [2.45, 2.75) is 90.4 Å². The summed E-state index contributed by atoms with van der Waals surface area (Å²) in [4.78, 5) is 33.6. The third kappa shape index (κ3) is 7.41. The Kier molecular flexibility index (Phi) is 11.6. The molecule has 0 radical (unpaired) electrons. The number of nitrogens with two attached hydrogens (primary N) is 1. The van der Waals surface area contributed by atoms with Crippen molar-refractivity contribution in [3.05, 3.63) is 71.3 Å². The fourth-order valence-electron chi connectivity index (χ4n) is 6.04. The van der Waals surface area contributed by atoms with E-state index in [1.807, 2.05) is 51.7 Å². The first-order valence-corrected chi connectivity index (χ1v) is 15.8. The lowest BCUT2D eigenvalue weighted by atomic mass is 9.79. The van der Waals surface area contributed by atoms with Crippen molar-refractivity contribution < 1.29 is 24.4 Å². The molecule has 5 rings (SSSR count). The number of hydrogen-bond acceptors (Lipinski definition) is 7. The number of rotatable bonds is 5. The Morgan fingerprint density at radius 1 is 1.24 bits per heavy atom. The standard InChI is InChI=1S/C24H35N5O3.C8H10N2O.C2H6/c1-6-19(25)28-18-12-26-14(2)29-13-17(21(30)24(18,29)5)27-22(31)15-8-7-9-16-20(15)32-11-10-23(16,3)4;1-6-3-7(5-10-4-6)8(11)9-2;1-2/h7-9,17-18,21,26,30H,2,6,10-13H2,1,3-5H3,(H2,25,28)(H,27,31);3-5H,1-2H3,(H,9,11);1-2H3/p+1. The molecule has 1 aromatic heterocycles. The van der Waals surface area contributed by atoms with Crippen molar-refractivity contribution in [3.63, 3.8) is 0 Å². The molecule has 2 aromatic rings. The van der Waals surface area contributed by atoms with Crippen LogP contribution in [0.5, 0.6) is 5.75 Å². The number of amides is 2. The Balaban J connectivity index is 0.000000357. The average Bonchev–Trinajstić information content (AvgIpc) is 3.29. The van der Waals surface area contributed by atoms with E-state index in [9.17, 15) is 14.7 Å². The minimum absolute atomic E-state index is 0.0527. The van der Waals surface area contributed by atoms with Crippen LogP contribution in [0.1, 0.15) is 86.2 Å². The Morgan fingerprint density at radius 3 is 2.60 bits per heavy atom. The second kappa shape index (κ2) is 14.8. The minimum atomic E-state index is -0.815. The van der Waals surface area contributed by atoms with Gasteiger partial charge in [0.2, 0.25) is 5.84 Å². The molecule has 246 valence electrons. The van der Waals surface area contributed by atoms with E-state index in [0.29, 0.717) is 48.8 Å². The van der Waals surface area contributed by atoms with Crippen LogP contribution < -0.4 is 31.4 Å². The lowest BCUT2D eigenvalue weighted by molar-refractivity contribution is -0.525. The average molecular weight is 623 g/mol. The van der Waals surface area contributed by atoms with Crippen LogP contribution >= 0.6 is 0 Å². The molecule has 1 aromatic carbocycles. The zero-order chi connectivity index (χ0) is 33.5. The number of pyridine rings is 1. The van der Waals surface area contributed by atoms with Crippen LogP contribution in [0.3, 0.4) is 0 Å². The van der Waals surface area contributed by atoms with Crippen LogP contribution in [0.4, 0.5) is 0 Å². The van der Waals surface area contributed by atoms with Crippen molar-refractivity contribution >= 4 is 17.6 Å². The second-order valence-electron chi connectivity index (χ2n) is 12.3. The molecular weight excluding hydrogens is 570 g/mol. The lowest BCUT2D eigenvalue weighted by Crippen LogP contribution is -2.92. The number of para-hydroxylation sites is 1. The summed E-state index contributed by atoms with van der Waals surface area (Å²) in [5.74, 6) is 1.71. The van der Waals surface area contributed by atoms with Gasteiger partial charge in [-0.25, -0.2) is 0 Å². The SMILES string of the molecule is C=C1NCC([NH+]=C(N)CC)C2(C)C(O)C(NC(=O)c3cccc4c3OCCC4(C)C)CN12.CC.CNC(=O)c1cncc(C)c1. The maximum Gasteiger partial charge on any atom is 0.255 e. The lowest BCUT2D eigenvalue weighted by Gasteiger charge is -2.46. The maximum absolute atomic E-state index is 13.3. The molecular formula is C34H52N7O4+. The number of carbonyl (C=O) groups is 2. The number of nitrogens with zero attached hydrogens (tertiary/aromatic N) is 2. The molecule has 7 N–H and O–H groups in total. The predicted molar refractivity (Wildman–Crippen MR) is 177 cm³/mol. The molecule has 4 atom stereocenters. The molecule has 4 unspecified atom stereocenters. The van der Waals surface area contributed by atoms with Gasteiger partial charge in [0.15, 0.2) is 0 Å². The Hall–Kier alpha value is -4.12. The zero-order valence-corrected chi connectivity index (χ0v) is 28.1. The van der Waals surface area contributed by atoms with E-state index >= 15 is 0 Å². The first-order chi connectivity index (χ1) is 21.3. The summed E-state index contributed by atoms with van der Waals surface area (Å²) in [5.41, 5.74) is 8.50. The summed E-state index contributed by atoms with van der Waals surface area (Å²) in [6.07, 6.45) is 4.04. The molecule has 2 amide bonds. The highest BCUT2D eigenvalue weighted by molar-refractivity contribution is 5.98. The van der Waals surface area contributed by atoms with Crippen LogP contribution in [0, 0.1) is 6.92 Å². The van der Waals surface area contributed by atoms with Gasteiger partial charge in [0.05, 0.1) is 36.1 Å². The van der Waals surface area contributed by atoms with Crippen LogP contribution in [-0.4, -0.2) is 83.1 Å². The summed E-state index contributed by atoms with van der Waals surface area (Å²) >= 11 is 0. The summed E-state index contributed by atoms with van der Waals surface area (Å²) in [7, 11) is 1.60. The van der Waals surface area contributed by atoms with Gasteiger partial charge in [0.25, 0.3) is 11.8 Å². The number of ether oxygens (including phenoxy) is 1. The quantitative estimate of drug-likeness (QED) is 0.216. The van der Waals surface area contributed by atoms with Gasteiger partial charge in [-0.2, -0.15) is 0 Å². The molecule has 3 aliphatic heterocycles. The van der Waals surface area contributed by atoms with Gasteiger partial charge < -0.3 is 30.7 Å². The molecule has 11 heteroatoms. The first-order valence-electron chi connectivity index (χ1n) is 15.8. The predicted octanol–water partition coefficient (Wildman–Crippen LogP) is 1.35. The van der Waals surface area contributed by atoms with E-state index in [0.717, 1.165) is 23.4 Å². The highest BCUT2D eigenvalue weighted by Crippen LogP contribution is 2.41. The van der Waals surface area contributed by atoms with Gasteiger partial charge in [0, 0.05) is 38.0 Å². The van der Waals surface area contributed by atoms with Crippen LogP contribution in [0.15, 0.2) is 49.1 Å². The van der Waals surface area contributed by atoms with Gasteiger partial charge >= 0.3 is 0 Å². The summed E-state index contributed by atoms with van der Waals surface area (Å²) in [6.45, 7) is 19.9. The van der Waals surface area contributed by atoms with E-state index in [1.54, 1.807) is 31.6 Å². The van der Waals surface area contributed by atoms with Gasteiger partial charge in [-0.3, -0.25) is 25.3 Å². The normalized spacial score (nSPS) is 24.6. The van der Waals surface area contributed by atoms with Gasteiger partial charge in [-0.15, -0.1) is 0 Å². The summed E-state index contributed by atoms with van der Waals surface area (Å²) in [6, 6.07) is 6.90. The van der Waals surface area contributed by atoms with Crippen molar-refractivity contribution in [2.24, 2.45) is 5.73 Å². The number of benzene rings is 1. The number of aliphatic hydroxyl groups is 1. The number of nitrogens with one attached hydrogen (secondary N) is 4. The number of amidine groups is 1. The van der Waals surface area contributed by atoms with E-state index in [1.165, 1.54) is 0 Å². The molecule has 0 saturated carbocycles. The number of aryl methyl sites for hydroxylation is 1. The van der Waals surface area contributed by atoms with E-state index < -0.39 is 17.7 Å². The third-order valence-electron chi connectivity index (χ3n) is 8.87. The highest BCUT2D eigenvalue weighted by Gasteiger charge is 2.58. The van der Waals surface area contributed by atoms with Crippen LogP contribution in [0.2, 0.25) is 0 Å². The summed E-state index contributed by atoms with van der Waals surface area (Å²) < 4.78 is 5.92. The van der Waals surface area contributed by atoms with Crippen molar-refractivity contribution in [2.75, 3.05) is 26.7 Å². The minimum Gasteiger partial charge on any atom is -0.492 e. The number of aromatic nitrogens is 1. The maximum atomic E-state index is 13.3. The monoisotopic (exact) mass is 622 g/mol. The van der Waals surface area contributed by atoms with Crippen molar-refractivity contribution in [3.8, 4) is 5.75 Å². The van der Waals surface area contributed by atoms with Crippen molar-refractivity contribution in [1.82, 2.24) is 25.8 Å². The fourth-order valence-corrected chi connectivity index (χ4v) is 6.04. The molecule has 11 nitrogen and oxygen atoms in total. The number of fused-ring (bicyclic) bond motifs is 2. The molecule has 0 aliphatic carbocycles. The van der Waals surface area contributed by atoms with E-state index in [-0.39, 0.29) is 23.3 Å². The molecule has 0 spiro atoms. The topological polar surface area (TPSA) is 156 Å². The molecule has 2 fully saturated rings. The number of aliphatic hydroxyl groups excluding tert-OH is 1. The van der Waals surface area contributed by atoms with Gasteiger partial charge in [0.1, 0.15) is 23.4 Å². The molecule has 0 bridgehead atoms. The fraction of sp³-hybridized carbons (Fsp3) is 0.529. The zero-order valence-electron chi connectivity index (χ0n) is 28.1. The molecule has 2 saturated heterocycles. The van der Waals surface area contributed by atoms with Crippen LogP contribution in [-0.2, 0) is 5.41 Å². The second-order valence-corrected chi connectivity index (χ2v) is 12.3. The van der Waals surface area contributed by atoms with E-state index in [2.05, 4.69) is 46.4 Å². The highest BCUT2D eigenvalue weighted by atomic mass is 16.5. The number of carbonyl (C=O) groups excluding carboxylic acids is 2. The van der Waals surface area contributed by atoms with Crippen molar-refractivity contribution in [1.29, 1.82) is 0 Å². The Labute approximate surface area is 267 Å². The first kappa shape index (κ1) is 35.4. The van der Waals surface area contributed by atoms with Gasteiger partial charge in [-0.1, -0.05) is 53.3 Å². The smallest absolute Gasteiger partial charge is 0.255 e. The summed E-state index contributed by atoms with van der Waals surface area (Å²) in [5, 5.41) is 20.3.